The van der Waals surface area contributed by atoms with Crippen LogP contribution in [0.1, 0.15) is 39.2 Å². The van der Waals surface area contributed by atoms with E-state index in [-0.39, 0.29) is 13.0 Å². The van der Waals surface area contributed by atoms with Crippen LogP contribution in [-0.2, 0) is 33.3 Å². The summed E-state index contributed by atoms with van der Waals surface area (Å²) in [6.45, 7) is 3.95. The maximum atomic E-state index is 11.6. The summed E-state index contributed by atoms with van der Waals surface area (Å²) < 4.78 is 23.0. The van der Waals surface area contributed by atoms with Gasteiger partial charge in [0.2, 0.25) is 0 Å². The molecule has 0 spiro atoms. The van der Waals surface area contributed by atoms with Crippen LogP contribution in [-0.4, -0.2) is 48.9 Å². The zero-order chi connectivity index (χ0) is 21.4. The van der Waals surface area contributed by atoms with Gasteiger partial charge in [-0.1, -0.05) is 24.3 Å². The number of carbonyl (C=O) groups excluding carboxylic acids is 3. The van der Waals surface area contributed by atoms with E-state index in [0.29, 0.717) is 6.42 Å². The molecule has 0 amide bonds. The fourth-order valence-electron chi connectivity index (χ4n) is 3.14. The first-order valence-electron chi connectivity index (χ1n) is 9.30. The highest BCUT2D eigenvalue weighted by Gasteiger charge is 2.42. The number of hydrogen-bond donors (Lipinski definition) is 0. The molecule has 0 unspecified atom stereocenters. The highest BCUT2D eigenvalue weighted by molar-refractivity contribution is 14.1. The predicted molar refractivity (Wildman–Crippen MR) is 114 cm³/mol. The molecular formula is C21H25IO7. The summed E-state index contributed by atoms with van der Waals surface area (Å²) in [4.78, 5) is 34.3. The molecule has 0 aromatic heterocycles. The summed E-state index contributed by atoms with van der Waals surface area (Å²) in [5.41, 5.74) is 1.03. The smallest absolute Gasteiger partial charge is 0.303 e. The van der Waals surface area contributed by atoms with Crippen LogP contribution >= 0.6 is 22.6 Å². The minimum absolute atomic E-state index is 0.0387. The van der Waals surface area contributed by atoms with Gasteiger partial charge in [0.05, 0.1) is 6.10 Å². The summed E-state index contributed by atoms with van der Waals surface area (Å²) >= 11 is 2.24. The fraction of sp³-hybridized carbons (Fsp3) is 0.476. The Morgan fingerprint density at radius 2 is 1.86 bits per heavy atom. The zero-order valence-electron chi connectivity index (χ0n) is 16.6. The first-order chi connectivity index (χ1) is 13.7. The molecule has 0 aliphatic carbocycles. The minimum atomic E-state index is -0.745. The predicted octanol–water partition coefficient (Wildman–Crippen LogP) is 3.28. The molecule has 1 fully saturated rings. The average Bonchev–Trinajstić information content (AvgIpc) is 2.61. The van der Waals surface area contributed by atoms with Gasteiger partial charge in [-0.05, 0) is 46.7 Å². The lowest BCUT2D eigenvalue weighted by molar-refractivity contribution is -0.211. The number of halogens is 1. The Balaban J connectivity index is 2.17. The van der Waals surface area contributed by atoms with Crippen molar-refractivity contribution in [1.29, 1.82) is 0 Å². The zero-order valence-corrected chi connectivity index (χ0v) is 18.8. The Bertz CT molecular complexity index is 761. The summed E-state index contributed by atoms with van der Waals surface area (Å²) in [5, 5.41) is 0. The van der Waals surface area contributed by atoms with Gasteiger partial charge >= 0.3 is 17.9 Å². The van der Waals surface area contributed by atoms with Crippen LogP contribution in [0.25, 0.3) is 6.08 Å². The van der Waals surface area contributed by atoms with Crippen molar-refractivity contribution in [3.63, 3.8) is 0 Å². The van der Waals surface area contributed by atoms with Gasteiger partial charge in [-0.15, -0.1) is 0 Å². The number of rotatable bonds is 7. The molecule has 1 heterocycles. The molecule has 29 heavy (non-hydrogen) atoms. The number of ether oxygens (including phenoxy) is 4. The van der Waals surface area contributed by atoms with Crippen molar-refractivity contribution in [3.8, 4) is 0 Å². The van der Waals surface area contributed by atoms with E-state index < -0.39 is 42.3 Å². The normalized spacial score (nSPS) is 24.1. The van der Waals surface area contributed by atoms with Gasteiger partial charge in [0, 0.05) is 30.8 Å². The van der Waals surface area contributed by atoms with Crippen molar-refractivity contribution < 1.29 is 33.3 Å². The molecule has 1 aliphatic heterocycles. The van der Waals surface area contributed by atoms with Crippen molar-refractivity contribution in [2.24, 2.45) is 0 Å². The molecule has 7 nitrogen and oxygen atoms in total. The molecule has 1 aliphatic rings. The molecule has 1 aromatic rings. The lowest BCUT2D eigenvalue weighted by Gasteiger charge is -2.40. The van der Waals surface area contributed by atoms with E-state index in [1.807, 2.05) is 36.4 Å². The van der Waals surface area contributed by atoms with Gasteiger partial charge in [-0.2, -0.15) is 0 Å². The number of benzene rings is 1. The van der Waals surface area contributed by atoms with Crippen LogP contribution in [0.3, 0.4) is 0 Å². The summed E-state index contributed by atoms with van der Waals surface area (Å²) in [6.07, 6.45) is 2.13. The molecule has 0 radical (unpaired) electrons. The van der Waals surface area contributed by atoms with Crippen LogP contribution < -0.4 is 0 Å². The number of esters is 3. The fourth-order valence-corrected chi connectivity index (χ4v) is 3.71. The van der Waals surface area contributed by atoms with E-state index >= 15 is 0 Å². The van der Waals surface area contributed by atoms with Crippen LogP contribution in [0.2, 0.25) is 0 Å². The molecule has 1 saturated heterocycles. The van der Waals surface area contributed by atoms with Crippen molar-refractivity contribution in [1.82, 2.24) is 0 Å². The summed E-state index contributed by atoms with van der Waals surface area (Å²) in [5.74, 6) is -1.39. The van der Waals surface area contributed by atoms with Crippen molar-refractivity contribution in [2.75, 3.05) is 6.61 Å². The van der Waals surface area contributed by atoms with Crippen LogP contribution in [0.15, 0.2) is 30.3 Å². The van der Waals surface area contributed by atoms with E-state index in [0.717, 1.165) is 9.13 Å². The van der Waals surface area contributed by atoms with Crippen molar-refractivity contribution in [3.05, 3.63) is 39.5 Å². The number of carbonyl (C=O) groups is 3. The second-order valence-electron chi connectivity index (χ2n) is 6.75. The Kier molecular flexibility index (Phi) is 9.09. The van der Waals surface area contributed by atoms with E-state index in [9.17, 15) is 14.4 Å². The molecule has 158 valence electrons. The maximum Gasteiger partial charge on any atom is 0.303 e. The Morgan fingerprint density at radius 3 is 2.48 bits per heavy atom. The van der Waals surface area contributed by atoms with E-state index in [1.165, 1.54) is 20.8 Å². The van der Waals surface area contributed by atoms with Crippen LogP contribution in [0.5, 0.6) is 0 Å². The third-order valence-corrected chi connectivity index (χ3v) is 4.89. The largest absolute Gasteiger partial charge is 0.463 e. The molecule has 0 N–H and O–H groups in total. The minimum Gasteiger partial charge on any atom is -0.463 e. The van der Waals surface area contributed by atoms with Crippen LogP contribution in [0.4, 0.5) is 0 Å². The SMILES string of the molecule is CC(=O)OC[C@@H]1C[C@H](OC(C)=O)[C@H](OC(C)=O)[C@@H](C/C=C/c2cccc(I)c2)O1. The van der Waals surface area contributed by atoms with Crippen molar-refractivity contribution >= 4 is 46.6 Å². The van der Waals surface area contributed by atoms with Gasteiger partial charge < -0.3 is 18.9 Å². The van der Waals surface area contributed by atoms with E-state index in [4.69, 9.17) is 18.9 Å². The molecule has 2 rings (SSSR count). The summed E-state index contributed by atoms with van der Waals surface area (Å²) in [7, 11) is 0. The van der Waals surface area contributed by atoms with Gasteiger partial charge in [0.25, 0.3) is 0 Å². The van der Waals surface area contributed by atoms with Gasteiger partial charge in [0.1, 0.15) is 18.8 Å². The molecule has 4 atom stereocenters. The van der Waals surface area contributed by atoms with Crippen molar-refractivity contribution in [2.45, 2.75) is 58.0 Å². The lowest BCUT2D eigenvalue weighted by Crippen LogP contribution is -2.52. The molecule has 1 aromatic carbocycles. The first-order valence-corrected chi connectivity index (χ1v) is 10.4. The van der Waals surface area contributed by atoms with Gasteiger partial charge in [-0.3, -0.25) is 14.4 Å². The van der Waals surface area contributed by atoms with Gasteiger partial charge in [0.15, 0.2) is 6.10 Å². The highest BCUT2D eigenvalue weighted by atomic mass is 127. The highest BCUT2D eigenvalue weighted by Crippen LogP contribution is 2.28. The molecule has 0 bridgehead atoms. The first kappa shape index (κ1) is 23.3. The molecule has 0 saturated carbocycles. The topological polar surface area (TPSA) is 88.1 Å². The van der Waals surface area contributed by atoms with Crippen LogP contribution in [0, 0.1) is 3.57 Å². The maximum absolute atomic E-state index is 11.6. The van der Waals surface area contributed by atoms with Gasteiger partial charge in [-0.25, -0.2) is 0 Å². The Labute approximate surface area is 183 Å². The third kappa shape index (κ3) is 8.14. The quantitative estimate of drug-likeness (QED) is 0.312. The Hall–Kier alpha value is -1.94. The lowest BCUT2D eigenvalue weighted by atomic mass is 9.95. The number of hydrogen-bond acceptors (Lipinski definition) is 7. The van der Waals surface area contributed by atoms with E-state index in [1.54, 1.807) is 0 Å². The summed E-state index contributed by atoms with van der Waals surface area (Å²) in [6, 6.07) is 7.98. The third-order valence-electron chi connectivity index (χ3n) is 4.21. The second kappa shape index (κ2) is 11.3. The second-order valence-corrected chi connectivity index (χ2v) is 8.00. The monoisotopic (exact) mass is 516 g/mol. The Morgan fingerprint density at radius 1 is 1.14 bits per heavy atom. The van der Waals surface area contributed by atoms with E-state index in [2.05, 4.69) is 22.6 Å². The standard InChI is InChI=1S/C21H25IO7/c1-13(23)26-12-18-11-20(27-14(2)24)21(28-15(3)25)19(29-18)9-5-7-16-6-4-8-17(22)10-16/h4-8,10,18-21H,9,11-12H2,1-3H3/b7-5+/t18-,19+,20-,21+/m0/s1. The molecule has 8 heteroatoms. The average molecular weight is 516 g/mol. The molecular weight excluding hydrogens is 491 g/mol.